The molecular weight excluding hydrogens is 776 g/mol. The number of benzene rings is 2. The van der Waals surface area contributed by atoms with Crippen LogP contribution in [0.3, 0.4) is 0 Å². The number of hydrogen-bond donors (Lipinski definition) is 4. The quantitative estimate of drug-likeness (QED) is 0.116. The third-order valence-electron chi connectivity index (χ3n) is 6.67. The summed E-state index contributed by atoms with van der Waals surface area (Å²) in [5.41, 5.74) is 0.827. The van der Waals surface area contributed by atoms with Crippen LogP contribution >= 0.6 is 19.7 Å². The fraction of sp³-hybridized carbons (Fsp3) is 0.357. The summed E-state index contributed by atoms with van der Waals surface area (Å²) < 4.78 is 4.36. The van der Waals surface area contributed by atoms with E-state index in [9.17, 15) is 24.3 Å². The number of hydrogen-bond acceptors (Lipinski definition) is 8. The van der Waals surface area contributed by atoms with Gasteiger partial charge in [-0.1, -0.05) is 74.3 Å². The summed E-state index contributed by atoms with van der Waals surface area (Å²) in [6.45, 7) is 7.85. The van der Waals surface area contributed by atoms with Gasteiger partial charge in [-0.05, 0) is 38.0 Å². The van der Waals surface area contributed by atoms with Crippen LogP contribution in [0.15, 0.2) is 60.7 Å². The molecule has 0 radical (unpaired) electrons. The molecule has 2 aromatic carbocycles. The van der Waals surface area contributed by atoms with Gasteiger partial charge >= 0.3 is 34.4 Å². The zero-order valence-electron chi connectivity index (χ0n) is 23.8. The first-order valence-electron chi connectivity index (χ1n) is 13.0. The molecule has 43 heavy (non-hydrogen) atoms. The number of rotatable bonds is 8. The average Bonchev–Trinajstić information content (AvgIpc) is 3.58. The van der Waals surface area contributed by atoms with Crippen molar-refractivity contribution in [2.45, 2.75) is 48.7 Å². The first-order valence-corrected chi connectivity index (χ1v) is 16.1. The van der Waals surface area contributed by atoms with E-state index in [1.54, 1.807) is 44.2 Å². The number of carboxylic acid groups (broad SMARTS) is 1. The molecule has 0 bridgehead atoms. The standard InChI is InChI=1S/C20H21N6O6S.C8H11P.Au/c1-20(2)14(18(29)30)26-16(28)13(17(26)33-20)22-15(27)12(10-6-4-3-5-7-10)23-19(31)32-9-11-8-21-25-24-11;1-9(2)8-6-4-3-5-7-8;/h3-7,12-14,17H,9H2,1-2H3,(H,22,27)(H,23,31)(H,29,30)(H,21,24,25);3-7H,1-2H3;/q-1;;+1/t12-,13-,14+,17-;;/m1../s1. The van der Waals surface area contributed by atoms with E-state index in [4.69, 9.17) is 4.74 Å². The Morgan fingerprint density at radius 2 is 1.77 bits per heavy atom. The molecule has 0 spiro atoms. The summed E-state index contributed by atoms with van der Waals surface area (Å²) in [5.74, 6) is -2.19. The van der Waals surface area contributed by atoms with Crippen molar-refractivity contribution in [3.05, 3.63) is 78.1 Å². The zero-order chi connectivity index (χ0) is 30.4. The first kappa shape index (κ1) is 34.3. The Bertz CT molecular complexity index is 1400. The Hall–Kier alpha value is -3.22. The largest absolute Gasteiger partial charge is 1.00 e. The predicted octanol–water partition coefficient (Wildman–Crippen LogP) is 2.25. The molecule has 5 rings (SSSR count). The van der Waals surface area contributed by atoms with Crippen LogP contribution < -0.4 is 15.9 Å². The van der Waals surface area contributed by atoms with Crippen LogP contribution in [0.2, 0.25) is 0 Å². The number of aromatic amines is 1. The second-order valence-corrected chi connectivity index (χ2v) is 14.4. The number of aliphatic carboxylic acids is 1. The van der Waals surface area contributed by atoms with Gasteiger partial charge in [0.25, 0.3) is 0 Å². The molecule has 232 valence electrons. The van der Waals surface area contributed by atoms with E-state index >= 15 is 0 Å². The van der Waals surface area contributed by atoms with Crippen LogP contribution in [-0.4, -0.2) is 84.8 Å². The number of alkyl carbamates (subject to hydrolysis) is 1. The zero-order valence-corrected chi connectivity index (χ0v) is 27.7. The van der Waals surface area contributed by atoms with E-state index in [1.165, 1.54) is 22.0 Å². The number of H-pyrrole nitrogens is 1. The maximum Gasteiger partial charge on any atom is 1.00 e. The molecule has 0 aliphatic carbocycles. The predicted molar refractivity (Wildman–Crippen MR) is 158 cm³/mol. The summed E-state index contributed by atoms with van der Waals surface area (Å²) in [5, 5.41) is 25.1. The van der Waals surface area contributed by atoms with Crippen LogP contribution in [0.25, 0.3) is 0 Å². The molecule has 2 saturated heterocycles. The molecule has 15 heteroatoms. The van der Waals surface area contributed by atoms with Crippen molar-refractivity contribution in [2.24, 2.45) is 0 Å². The molecule has 4 N–H and O–H groups in total. The van der Waals surface area contributed by atoms with E-state index in [0.717, 1.165) is 0 Å². The maximum atomic E-state index is 13.1. The molecule has 2 aliphatic heterocycles. The Morgan fingerprint density at radius 1 is 1.14 bits per heavy atom. The van der Waals surface area contributed by atoms with Gasteiger partial charge in [-0.15, -0.1) is 17.0 Å². The van der Waals surface area contributed by atoms with Crippen molar-refractivity contribution in [1.29, 1.82) is 0 Å². The van der Waals surface area contributed by atoms with Crippen molar-refractivity contribution in [3.63, 3.8) is 0 Å². The number of carboxylic acids is 1. The normalized spacial score (nSPS) is 20.3. The molecule has 2 fully saturated rings. The number of amides is 3. The van der Waals surface area contributed by atoms with Gasteiger partial charge in [-0.25, -0.2) is 9.59 Å². The maximum absolute atomic E-state index is 13.1. The topological polar surface area (TPSA) is 167 Å². The van der Waals surface area contributed by atoms with Crippen LogP contribution in [0.5, 0.6) is 0 Å². The third-order valence-corrected chi connectivity index (χ3v) is 9.57. The minimum absolute atomic E-state index is 0. The Balaban J connectivity index is 0.000000435. The summed E-state index contributed by atoms with van der Waals surface area (Å²) >= 11 is 1.31. The molecule has 0 unspecified atom stereocenters. The fourth-order valence-electron chi connectivity index (χ4n) is 4.61. The molecule has 3 aromatic rings. The number of ether oxygens (including phenoxy) is 1. The van der Waals surface area contributed by atoms with Crippen LogP contribution in [0.1, 0.15) is 31.1 Å². The van der Waals surface area contributed by atoms with Gasteiger partial charge in [0, 0.05) is 4.75 Å². The first-order chi connectivity index (χ1) is 20.0. The number of nitrogens with zero attached hydrogens (tertiary/aromatic N) is 3. The fourth-order valence-corrected chi connectivity index (χ4v) is 7.01. The molecule has 3 amide bonds. The SMILES string of the molecule is CC1(C)S[C@@H]2[C@H](NC(=O)[C@H](NC(=O)OCc3[c-]nn[nH]3)c3ccccc3)C(=O)N2[C@H]1C(=O)O.CP(C)c1ccccc1.[Au+]. The second kappa shape index (κ2) is 15.0. The Morgan fingerprint density at radius 3 is 2.30 bits per heavy atom. The molecule has 3 heterocycles. The van der Waals surface area contributed by atoms with Crippen molar-refractivity contribution in [1.82, 2.24) is 30.9 Å². The van der Waals surface area contributed by atoms with E-state index in [-0.39, 0.29) is 36.9 Å². The van der Waals surface area contributed by atoms with Crippen LogP contribution in [-0.2, 0) is 48.1 Å². The van der Waals surface area contributed by atoms with Gasteiger partial charge in [-0.3, -0.25) is 14.7 Å². The number of fused-ring (bicyclic) bond motifs is 1. The van der Waals surface area contributed by atoms with Gasteiger partial charge in [0.05, 0.1) is 0 Å². The van der Waals surface area contributed by atoms with Crippen molar-refractivity contribution >= 4 is 48.9 Å². The summed E-state index contributed by atoms with van der Waals surface area (Å²) in [7, 11) is 0.104. The van der Waals surface area contributed by atoms with Crippen molar-refractivity contribution in [3.8, 4) is 0 Å². The van der Waals surface area contributed by atoms with Crippen LogP contribution in [0, 0.1) is 6.20 Å². The number of thioether (sulfide) groups is 1. The minimum atomic E-state index is -1.14. The number of carbonyl (C=O) groups excluding carboxylic acids is 3. The van der Waals surface area contributed by atoms with E-state index in [0.29, 0.717) is 11.3 Å². The Kier molecular flexibility index (Phi) is 11.9. The van der Waals surface area contributed by atoms with Gasteiger partial charge in [0.2, 0.25) is 11.8 Å². The molecule has 2 aliphatic rings. The molecule has 12 nitrogen and oxygen atoms in total. The summed E-state index contributed by atoms with van der Waals surface area (Å²) in [4.78, 5) is 51.1. The number of aromatic nitrogens is 3. The molecular formula is C28H32AuN6O6PS. The van der Waals surface area contributed by atoms with E-state index < -0.39 is 52.1 Å². The van der Waals surface area contributed by atoms with Gasteiger partial charge < -0.3 is 36.7 Å². The Labute approximate surface area is 270 Å². The van der Waals surface area contributed by atoms with Gasteiger partial charge in [0.1, 0.15) is 30.1 Å². The number of β-lactam (4-membered cyclic amide) rings is 1. The average molecular weight is 809 g/mol. The molecule has 4 atom stereocenters. The van der Waals surface area contributed by atoms with E-state index in [1.807, 2.05) is 0 Å². The van der Waals surface area contributed by atoms with Crippen LogP contribution in [0.4, 0.5) is 4.79 Å². The summed E-state index contributed by atoms with van der Waals surface area (Å²) in [6, 6.07) is 16.1. The number of carbonyl (C=O) groups is 4. The van der Waals surface area contributed by atoms with Gasteiger partial charge in [0.15, 0.2) is 0 Å². The number of nitrogens with one attached hydrogen (secondary N) is 3. The third kappa shape index (κ3) is 8.24. The minimum Gasteiger partial charge on any atom is -0.480 e. The summed E-state index contributed by atoms with van der Waals surface area (Å²) in [6.07, 6.45) is 1.63. The monoisotopic (exact) mass is 808 g/mol. The second-order valence-electron chi connectivity index (χ2n) is 10.3. The van der Waals surface area contributed by atoms with Crippen molar-refractivity contribution < 1.29 is 51.4 Å². The molecule has 0 saturated carbocycles. The smallest absolute Gasteiger partial charge is 0.480 e. The van der Waals surface area contributed by atoms with Gasteiger partial charge in [-0.2, -0.15) is 0 Å². The van der Waals surface area contributed by atoms with E-state index in [2.05, 4.69) is 75.9 Å². The molecule has 1 aromatic heterocycles. The van der Waals surface area contributed by atoms with Crippen molar-refractivity contribution in [2.75, 3.05) is 13.3 Å².